The highest BCUT2D eigenvalue weighted by molar-refractivity contribution is 8.00. The molecule has 250 valence electrons. The first-order valence-electron chi connectivity index (χ1n) is 15.9. The molecule has 5 aromatic carbocycles. The summed E-state index contributed by atoms with van der Waals surface area (Å²) in [6.07, 6.45) is 1.65. The number of thioether (sulfide) groups is 1. The van der Waals surface area contributed by atoms with Gasteiger partial charge in [-0.15, -0.1) is 11.8 Å². The van der Waals surface area contributed by atoms with Crippen LogP contribution in [0.4, 0.5) is 16.5 Å². The molecule has 0 aliphatic carbocycles. The predicted molar refractivity (Wildman–Crippen MR) is 206 cm³/mol. The highest BCUT2D eigenvalue weighted by atomic mass is 32.2. The molecule has 0 aliphatic heterocycles. The maximum Gasteiger partial charge on any atom is 0.272 e. The van der Waals surface area contributed by atoms with E-state index in [4.69, 9.17) is 0 Å². The molecule has 0 spiro atoms. The van der Waals surface area contributed by atoms with Crippen molar-refractivity contribution >= 4 is 73.6 Å². The Hall–Kier alpha value is -5.71. The normalized spacial score (nSPS) is 11.9. The first kappa shape index (κ1) is 34.2. The summed E-state index contributed by atoms with van der Waals surface area (Å²) < 4.78 is 1.02. The zero-order chi connectivity index (χ0) is 35.0. The molecule has 0 radical (unpaired) electrons. The summed E-state index contributed by atoms with van der Waals surface area (Å²) >= 11 is 2.85. The molecule has 10 heteroatoms. The standard InChI is InChI=1S/C40H35N5O3S2/c1-26-14-23-33-35(24-26)50-40(43-33)44-39(48)36(28-10-6-4-7-11-28)49-32-21-17-30(18-22-32)41-38(47)34(42-37(46)29-12-8-5-9-13-29)25-27-15-19-31(20-16-27)45(2)3/h4-25,36H,1-3H3,(H,41,47)(H,42,46)(H,43,44,48)/b34-25-. The fraction of sp³-hybridized carbons (Fsp3) is 0.100. The van der Waals surface area contributed by atoms with E-state index in [1.54, 1.807) is 42.5 Å². The Kier molecular flexibility index (Phi) is 10.7. The Morgan fingerprint density at radius 3 is 2.16 bits per heavy atom. The third kappa shape index (κ3) is 8.65. The highest BCUT2D eigenvalue weighted by Crippen LogP contribution is 2.37. The largest absolute Gasteiger partial charge is 0.378 e. The van der Waals surface area contributed by atoms with Gasteiger partial charge in [-0.25, -0.2) is 4.98 Å². The van der Waals surface area contributed by atoms with Gasteiger partial charge in [0.1, 0.15) is 10.9 Å². The number of anilines is 3. The molecule has 6 aromatic rings. The highest BCUT2D eigenvalue weighted by Gasteiger charge is 2.24. The van der Waals surface area contributed by atoms with E-state index in [1.807, 2.05) is 111 Å². The monoisotopic (exact) mass is 697 g/mol. The molecular weight excluding hydrogens is 663 g/mol. The smallest absolute Gasteiger partial charge is 0.272 e. The van der Waals surface area contributed by atoms with E-state index in [-0.39, 0.29) is 11.6 Å². The van der Waals surface area contributed by atoms with Crippen LogP contribution in [0, 0.1) is 6.92 Å². The number of rotatable bonds is 11. The van der Waals surface area contributed by atoms with Gasteiger partial charge < -0.3 is 20.9 Å². The minimum absolute atomic E-state index is 0.0979. The number of aromatic nitrogens is 1. The van der Waals surface area contributed by atoms with E-state index in [9.17, 15) is 14.4 Å². The van der Waals surface area contributed by atoms with E-state index in [2.05, 4.69) is 27.0 Å². The number of carbonyl (C=O) groups excluding carboxylic acids is 3. The van der Waals surface area contributed by atoms with Crippen LogP contribution in [-0.4, -0.2) is 36.8 Å². The van der Waals surface area contributed by atoms with Crippen LogP contribution in [-0.2, 0) is 9.59 Å². The number of benzene rings is 5. The molecule has 1 unspecified atom stereocenters. The van der Waals surface area contributed by atoms with Crippen molar-refractivity contribution in [2.24, 2.45) is 0 Å². The van der Waals surface area contributed by atoms with Crippen molar-refractivity contribution in [3.8, 4) is 0 Å². The van der Waals surface area contributed by atoms with Crippen LogP contribution in [0.25, 0.3) is 16.3 Å². The molecule has 0 saturated heterocycles. The van der Waals surface area contributed by atoms with Gasteiger partial charge in [0, 0.05) is 35.9 Å². The van der Waals surface area contributed by atoms with Crippen molar-refractivity contribution in [1.82, 2.24) is 10.3 Å². The lowest BCUT2D eigenvalue weighted by molar-refractivity contribution is -0.116. The van der Waals surface area contributed by atoms with Gasteiger partial charge in [0.2, 0.25) is 5.91 Å². The number of amides is 3. The fourth-order valence-electron chi connectivity index (χ4n) is 5.09. The summed E-state index contributed by atoms with van der Waals surface area (Å²) in [6, 6.07) is 39.3. The third-order valence-electron chi connectivity index (χ3n) is 7.73. The van der Waals surface area contributed by atoms with E-state index >= 15 is 0 Å². The van der Waals surface area contributed by atoms with Gasteiger partial charge in [0.15, 0.2) is 5.13 Å². The van der Waals surface area contributed by atoms with Crippen LogP contribution in [0.1, 0.15) is 32.3 Å². The average Bonchev–Trinajstić information content (AvgIpc) is 3.53. The summed E-state index contributed by atoms with van der Waals surface area (Å²) in [7, 11) is 3.91. The lowest BCUT2D eigenvalue weighted by Crippen LogP contribution is -2.30. The molecule has 3 amide bonds. The lowest BCUT2D eigenvalue weighted by Gasteiger charge is -2.17. The lowest BCUT2D eigenvalue weighted by atomic mass is 10.1. The van der Waals surface area contributed by atoms with Crippen LogP contribution >= 0.6 is 23.1 Å². The molecule has 6 rings (SSSR count). The Morgan fingerprint density at radius 1 is 0.800 bits per heavy atom. The number of nitrogens with one attached hydrogen (secondary N) is 3. The molecule has 1 aromatic heterocycles. The van der Waals surface area contributed by atoms with Gasteiger partial charge in [0.05, 0.1) is 10.2 Å². The molecule has 3 N–H and O–H groups in total. The Morgan fingerprint density at radius 2 is 1.48 bits per heavy atom. The first-order chi connectivity index (χ1) is 24.2. The van der Waals surface area contributed by atoms with Crippen molar-refractivity contribution in [2.75, 3.05) is 29.6 Å². The molecule has 1 heterocycles. The maximum atomic E-state index is 13.7. The summed E-state index contributed by atoms with van der Waals surface area (Å²) in [5.41, 5.74) is 5.67. The summed E-state index contributed by atoms with van der Waals surface area (Å²) in [5.74, 6) is -1.05. The molecule has 0 bridgehead atoms. The minimum Gasteiger partial charge on any atom is -0.378 e. The van der Waals surface area contributed by atoms with Gasteiger partial charge >= 0.3 is 0 Å². The molecule has 0 aliphatic rings. The SMILES string of the molecule is Cc1ccc2nc(NC(=O)C(Sc3ccc(NC(=O)/C(=C/c4ccc(N(C)C)cc4)NC(=O)c4ccccc4)cc3)c3ccccc3)sc2c1. The van der Waals surface area contributed by atoms with Gasteiger partial charge in [-0.2, -0.15) is 0 Å². The van der Waals surface area contributed by atoms with Crippen LogP contribution in [0.3, 0.4) is 0 Å². The predicted octanol–water partition coefficient (Wildman–Crippen LogP) is 8.55. The van der Waals surface area contributed by atoms with Crippen molar-refractivity contribution in [3.05, 3.63) is 155 Å². The number of carbonyl (C=O) groups is 3. The van der Waals surface area contributed by atoms with Gasteiger partial charge in [-0.3, -0.25) is 14.4 Å². The number of hydrogen-bond donors (Lipinski definition) is 3. The number of nitrogens with zero attached hydrogens (tertiary/aromatic N) is 2. The van der Waals surface area contributed by atoms with Crippen molar-refractivity contribution in [3.63, 3.8) is 0 Å². The van der Waals surface area contributed by atoms with Crippen LogP contribution in [0.2, 0.25) is 0 Å². The molecule has 0 fully saturated rings. The summed E-state index contributed by atoms with van der Waals surface area (Å²) in [4.78, 5) is 47.8. The molecule has 8 nitrogen and oxygen atoms in total. The molecule has 1 atom stereocenters. The third-order valence-corrected chi connectivity index (χ3v) is 9.93. The van der Waals surface area contributed by atoms with Crippen LogP contribution in [0.15, 0.2) is 138 Å². The molecular formula is C40H35N5O3S2. The number of aryl methyl sites for hydroxylation is 1. The average molecular weight is 698 g/mol. The Balaban J connectivity index is 1.19. The zero-order valence-electron chi connectivity index (χ0n) is 27.7. The molecule has 0 saturated carbocycles. The zero-order valence-corrected chi connectivity index (χ0v) is 29.3. The van der Waals surface area contributed by atoms with Gasteiger partial charge in [-0.1, -0.05) is 78.1 Å². The van der Waals surface area contributed by atoms with Gasteiger partial charge in [0.25, 0.3) is 11.8 Å². The second kappa shape index (κ2) is 15.7. The van der Waals surface area contributed by atoms with Gasteiger partial charge in [-0.05, 0) is 90.4 Å². The Labute approximate surface area is 299 Å². The molecule has 50 heavy (non-hydrogen) atoms. The van der Waals surface area contributed by atoms with E-state index in [0.29, 0.717) is 16.4 Å². The van der Waals surface area contributed by atoms with Crippen molar-refractivity contribution in [1.29, 1.82) is 0 Å². The van der Waals surface area contributed by atoms with Crippen LogP contribution < -0.4 is 20.9 Å². The summed E-state index contributed by atoms with van der Waals surface area (Å²) in [5, 5.41) is 8.71. The first-order valence-corrected chi connectivity index (χ1v) is 17.6. The quantitative estimate of drug-likeness (QED) is 0.0927. The number of thiazole rings is 1. The second-order valence-electron chi connectivity index (χ2n) is 11.7. The maximum absolute atomic E-state index is 13.7. The van der Waals surface area contributed by atoms with Crippen molar-refractivity contribution < 1.29 is 14.4 Å². The van der Waals surface area contributed by atoms with E-state index < -0.39 is 17.1 Å². The van der Waals surface area contributed by atoms with Crippen molar-refractivity contribution in [2.45, 2.75) is 17.1 Å². The topological polar surface area (TPSA) is 103 Å². The number of hydrogen-bond acceptors (Lipinski definition) is 7. The van der Waals surface area contributed by atoms with Crippen LogP contribution in [0.5, 0.6) is 0 Å². The Bertz CT molecular complexity index is 2150. The van der Waals surface area contributed by atoms with E-state index in [0.717, 1.165) is 37.5 Å². The summed E-state index contributed by atoms with van der Waals surface area (Å²) in [6.45, 7) is 2.03. The second-order valence-corrected chi connectivity index (χ2v) is 13.9. The minimum atomic E-state index is -0.549. The van der Waals surface area contributed by atoms with E-state index in [1.165, 1.54) is 23.1 Å². The fourth-order valence-corrected chi connectivity index (χ4v) is 7.08. The number of fused-ring (bicyclic) bond motifs is 1.